The molecule has 1 aromatic carbocycles. The summed E-state index contributed by atoms with van der Waals surface area (Å²) < 4.78 is 0. The molecule has 0 fully saturated rings. The number of nitrogens with zero attached hydrogens (tertiary/aromatic N) is 1. The largest absolute Gasteiger partial charge is 0.355 e. The van der Waals surface area contributed by atoms with Gasteiger partial charge in [0.1, 0.15) is 0 Å². The van der Waals surface area contributed by atoms with Crippen LogP contribution in [0.15, 0.2) is 59.5 Å². The number of thiophene rings is 2. The number of para-hydroxylation sites is 1. The number of hydrogen-bond acceptors (Lipinski definition) is 4. The molecule has 0 amide bonds. The topological polar surface area (TPSA) is 3.24 Å². The number of likely N-dealkylation sites (N-methyl/N-ethyl adjacent to an activating group) is 1. The second-order valence-corrected chi connectivity index (χ2v) is 9.30. The van der Waals surface area contributed by atoms with Gasteiger partial charge in [0.25, 0.3) is 0 Å². The SMILES string of the molecule is CCN1c2ccccc2SC1/C=C/c1ccc(-c2ccc(C)s2)s1. The van der Waals surface area contributed by atoms with Crippen LogP contribution in [0.25, 0.3) is 15.8 Å². The number of anilines is 1. The Kier molecular flexibility index (Phi) is 4.53. The van der Waals surface area contributed by atoms with Crippen LogP contribution in [0.5, 0.6) is 0 Å². The Balaban J connectivity index is 1.53. The second-order valence-electron chi connectivity index (χ2n) is 5.73. The van der Waals surface area contributed by atoms with E-state index in [4.69, 9.17) is 0 Å². The maximum atomic E-state index is 2.47. The van der Waals surface area contributed by atoms with Gasteiger partial charge in [0.2, 0.25) is 0 Å². The van der Waals surface area contributed by atoms with Gasteiger partial charge in [-0.15, -0.1) is 22.7 Å². The molecule has 0 spiro atoms. The van der Waals surface area contributed by atoms with E-state index in [1.165, 1.54) is 30.1 Å². The Morgan fingerprint density at radius 1 is 1.00 bits per heavy atom. The molecule has 0 aliphatic carbocycles. The first-order valence-corrected chi connectivity index (χ1v) is 10.6. The first kappa shape index (κ1) is 16.0. The highest BCUT2D eigenvalue weighted by molar-refractivity contribution is 8.00. The molecule has 2 aromatic heterocycles. The summed E-state index contributed by atoms with van der Waals surface area (Å²) >= 11 is 5.68. The Morgan fingerprint density at radius 2 is 1.79 bits per heavy atom. The molecule has 1 aliphatic rings. The number of hydrogen-bond donors (Lipinski definition) is 0. The molecular weight excluding hydrogens is 350 g/mol. The quantitative estimate of drug-likeness (QED) is 0.500. The molecule has 1 unspecified atom stereocenters. The predicted octanol–water partition coefficient (Wildman–Crippen LogP) is 6.76. The summed E-state index contributed by atoms with van der Waals surface area (Å²) in [5, 5.41) is 0.391. The third-order valence-corrected chi connectivity index (χ3v) is 7.60. The van der Waals surface area contributed by atoms with Gasteiger partial charge >= 0.3 is 0 Å². The molecular formula is C20H19NS3. The van der Waals surface area contributed by atoms with Crippen molar-refractivity contribution in [2.75, 3.05) is 11.4 Å². The smallest absolute Gasteiger partial charge is 0.0986 e. The van der Waals surface area contributed by atoms with Gasteiger partial charge in [-0.3, -0.25) is 0 Å². The van der Waals surface area contributed by atoms with E-state index < -0.39 is 0 Å². The minimum absolute atomic E-state index is 0.391. The van der Waals surface area contributed by atoms with Gasteiger partial charge in [0.05, 0.1) is 11.1 Å². The minimum atomic E-state index is 0.391. The first-order chi connectivity index (χ1) is 11.7. The molecule has 0 N–H and O–H groups in total. The molecule has 0 saturated carbocycles. The highest BCUT2D eigenvalue weighted by Gasteiger charge is 2.26. The fourth-order valence-corrected chi connectivity index (χ4v) is 6.09. The highest BCUT2D eigenvalue weighted by atomic mass is 32.2. The Bertz CT molecular complexity index is 874. The molecule has 122 valence electrons. The van der Waals surface area contributed by atoms with Crippen LogP contribution in [0.2, 0.25) is 0 Å². The van der Waals surface area contributed by atoms with Crippen LogP contribution in [-0.2, 0) is 0 Å². The number of fused-ring (bicyclic) bond motifs is 1. The van der Waals surface area contributed by atoms with Crippen molar-refractivity contribution in [3.05, 3.63) is 64.4 Å². The lowest BCUT2D eigenvalue weighted by Gasteiger charge is -2.22. The van der Waals surface area contributed by atoms with Crippen LogP contribution in [0.3, 0.4) is 0 Å². The normalized spacial score (nSPS) is 16.9. The van der Waals surface area contributed by atoms with E-state index in [2.05, 4.69) is 79.4 Å². The summed E-state index contributed by atoms with van der Waals surface area (Å²) in [6.07, 6.45) is 4.62. The Morgan fingerprint density at radius 3 is 2.58 bits per heavy atom. The van der Waals surface area contributed by atoms with Crippen LogP contribution in [-0.4, -0.2) is 11.9 Å². The fraction of sp³-hybridized carbons (Fsp3) is 0.200. The number of benzene rings is 1. The van der Waals surface area contributed by atoms with Gasteiger partial charge in [0, 0.05) is 30.9 Å². The van der Waals surface area contributed by atoms with Crippen molar-refractivity contribution in [3.63, 3.8) is 0 Å². The standard InChI is InChI=1S/C20H19NS3/c1-3-21-16-6-4-5-7-17(16)24-20(21)13-10-15-9-12-19(23-15)18-11-8-14(2)22-18/h4-13,20H,3H2,1-2H3/b13-10+. The molecule has 0 bridgehead atoms. The maximum absolute atomic E-state index is 2.47. The van der Waals surface area contributed by atoms with Crippen molar-refractivity contribution in [1.29, 1.82) is 0 Å². The molecule has 1 aliphatic heterocycles. The predicted molar refractivity (Wildman–Crippen MR) is 111 cm³/mol. The highest BCUT2D eigenvalue weighted by Crippen LogP contribution is 2.43. The summed E-state index contributed by atoms with van der Waals surface area (Å²) in [4.78, 5) is 9.28. The van der Waals surface area contributed by atoms with Gasteiger partial charge < -0.3 is 4.90 Å². The molecule has 1 atom stereocenters. The molecule has 3 aromatic rings. The van der Waals surface area contributed by atoms with E-state index >= 15 is 0 Å². The van der Waals surface area contributed by atoms with Crippen molar-refractivity contribution in [2.24, 2.45) is 0 Å². The number of aryl methyl sites for hydroxylation is 1. The van der Waals surface area contributed by atoms with E-state index in [9.17, 15) is 0 Å². The summed E-state index contributed by atoms with van der Waals surface area (Å²) in [7, 11) is 0. The van der Waals surface area contributed by atoms with Crippen LogP contribution < -0.4 is 4.90 Å². The van der Waals surface area contributed by atoms with Gasteiger partial charge in [-0.1, -0.05) is 30.0 Å². The lowest BCUT2D eigenvalue weighted by molar-refractivity contribution is 0.880. The van der Waals surface area contributed by atoms with E-state index in [0.717, 1.165) is 6.54 Å². The Labute approximate surface area is 155 Å². The fourth-order valence-electron chi connectivity index (χ4n) is 2.94. The van der Waals surface area contributed by atoms with Crippen molar-refractivity contribution >= 4 is 46.2 Å². The summed E-state index contributed by atoms with van der Waals surface area (Å²) in [5.74, 6) is 0. The van der Waals surface area contributed by atoms with Gasteiger partial charge in [-0.2, -0.15) is 0 Å². The van der Waals surface area contributed by atoms with E-state index in [0.29, 0.717) is 5.37 Å². The first-order valence-electron chi connectivity index (χ1n) is 8.12. The third-order valence-electron chi connectivity index (χ3n) is 4.11. The van der Waals surface area contributed by atoms with Gasteiger partial charge in [0.15, 0.2) is 0 Å². The van der Waals surface area contributed by atoms with Crippen LogP contribution in [0.4, 0.5) is 5.69 Å². The third kappa shape index (κ3) is 3.06. The molecule has 4 rings (SSSR count). The number of thioether (sulfide) groups is 1. The average Bonchev–Trinajstić information content (AvgIpc) is 3.30. The van der Waals surface area contributed by atoms with E-state index in [1.807, 2.05) is 34.4 Å². The molecule has 0 saturated heterocycles. The summed E-state index contributed by atoms with van der Waals surface area (Å²) in [6, 6.07) is 17.6. The molecule has 3 heterocycles. The van der Waals surface area contributed by atoms with Crippen molar-refractivity contribution in [1.82, 2.24) is 0 Å². The lowest BCUT2D eigenvalue weighted by atomic mass is 10.3. The Hall–Kier alpha value is -1.49. The van der Waals surface area contributed by atoms with Gasteiger partial charge in [-0.05, 0) is 56.3 Å². The van der Waals surface area contributed by atoms with Gasteiger partial charge in [-0.25, -0.2) is 0 Å². The summed E-state index contributed by atoms with van der Waals surface area (Å²) in [5.41, 5.74) is 1.36. The zero-order valence-corrected chi connectivity index (χ0v) is 16.2. The van der Waals surface area contributed by atoms with Crippen molar-refractivity contribution < 1.29 is 0 Å². The number of rotatable bonds is 4. The monoisotopic (exact) mass is 369 g/mol. The van der Waals surface area contributed by atoms with Crippen LogP contribution in [0.1, 0.15) is 16.7 Å². The average molecular weight is 370 g/mol. The van der Waals surface area contributed by atoms with Crippen molar-refractivity contribution in [2.45, 2.75) is 24.1 Å². The van der Waals surface area contributed by atoms with E-state index in [1.54, 1.807) is 0 Å². The zero-order chi connectivity index (χ0) is 16.5. The molecule has 4 heteroatoms. The lowest BCUT2D eigenvalue weighted by Crippen LogP contribution is -2.27. The van der Waals surface area contributed by atoms with Crippen LogP contribution in [0, 0.1) is 6.92 Å². The van der Waals surface area contributed by atoms with Crippen LogP contribution >= 0.6 is 34.4 Å². The second kappa shape index (κ2) is 6.79. The minimum Gasteiger partial charge on any atom is -0.355 e. The maximum Gasteiger partial charge on any atom is 0.0986 e. The zero-order valence-electron chi connectivity index (χ0n) is 13.7. The molecule has 1 nitrogen and oxygen atoms in total. The summed E-state index contributed by atoms with van der Waals surface area (Å²) in [6.45, 7) is 5.42. The van der Waals surface area contributed by atoms with Crippen molar-refractivity contribution in [3.8, 4) is 9.75 Å². The van der Waals surface area contributed by atoms with E-state index in [-0.39, 0.29) is 0 Å². The molecule has 0 radical (unpaired) electrons. The molecule has 24 heavy (non-hydrogen) atoms.